The average molecular weight is 285 g/mol. The number of rotatable bonds is 3. The van der Waals surface area contributed by atoms with E-state index in [0.29, 0.717) is 36.2 Å². The number of hydrogen-bond acceptors (Lipinski definition) is 4. The Morgan fingerprint density at radius 1 is 1.14 bits per heavy atom. The highest BCUT2D eigenvalue weighted by atomic mass is 16.6. The molecule has 1 aromatic heterocycles. The number of benzene rings is 1. The van der Waals surface area contributed by atoms with Crippen molar-refractivity contribution in [1.29, 1.82) is 0 Å². The second kappa shape index (κ2) is 5.75. The van der Waals surface area contributed by atoms with E-state index in [1.54, 1.807) is 24.3 Å². The molecule has 2 aromatic rings. The fraction of sp³-hybridized carbons (Fsp3) is 0.188. The fourth-order valence-corrected chi connectivity index (χ4v) is 2.01. The fourth-order valence-electron chi connectivity index (χ4n) is 2.01. The molecule has 3 rings (SSSR count). The first-order valence-corrected chi connectivity index (χ1v) is 6.66. The van der Waals surface area contributed by atoms with Crippen LogP contribution in [0.1, 0.15) is 11.5 Å². The van der Waals surface area contributed by atoms with Crippen molar-refractivity contribution in [1.82, 2.24) is 0 Å². The van der Waals surface area contributed by atoms with Gasteiger partial charge < -0.3 is 19.2 Å². The highest BCUT2D eigenvalue weighted by Gasteiger charge is 2.12. The molecule has 2 heterocycles. The SMILES string of the molecule is Cc1ccc(/C=C/C(=O)Nc2ccc3c(c2)OCCO3)o1. The lowest BCUT2D eigenvalue weighted by atomic mass is 10.2. The standard InChI is InChI=1S/C16H15NO4/c1-11-2-4-13(21-11)5-7-16(18)17-12-3-6-14-15(10-12)20-9-8-19-14/h2-7,10H,8-9H2,1H3,(H,17,18)/b7-5+. The van der Waals surface area contributed by atoms with Crippen molar-refractivity contribution in [2.45, 2.75) is 6.92 Å². The molecular weight excluding hydrogens is 270 g/mol. The zero-order chi connectivity index (χ0) is 14.7. The van der Waals surface area contributed by atoms with Crippen molar-refractivity contribution in [3.8, 4) is 11.5 Å². The van der Waals surface area contributed by atoms with Gasteiger partial charge in [0.1, 0.15) is 24.7 Å². The van der Waals surface area contributed by atoms with E-state index < -0.39 is 0 Å². The smallest absolute Gasteiger partial charge is 0.248 e. The lowest BCUT2D eigenvalue weighted by molar-refractivity contribution is -0.111. The number of furan rings is 1. The number of ether oxygens (including phenoxy) is 2. The Morgan fingerprint density at radius 2 is 1.95 bits per heavy atom. The molecule has 0 unspecified atom stereocenters. The van der Waals surface area contributed by atoms with Crippen LogP contribution in [0.3, 0.4) is 0 Å². The van der Waals surface area contributed by atoms with Gasteiger partial charge in [-0.1, -0.05) is 0 Å². The maximum Gasteiger partial charge on any atom is 0.248 e. The van der Waals surface area contributed by atoms with Gasteiger partial charge in [-0.25, -0.2) is 0 Å². The van der Waals surface area contributed by atoms with Crippen molar-refractivity contribution >= 4 is 17.7 Å². The summed E-state index contributed by atoms with van der Waals surface area (Å²) in [6, 6.07) is 8.96. The first-order valence-electron chi connectivity index (χ1n) is 6.66. The van der Waals surface area contributed by atoms with Gasteiger partial charge in [0.05, 0.1) is 0 Å². The molecule has 0 atom stereocenters. The van der Waals surface area contributed by atoms with Crippen LogP contribution in [0.25, 0.3) is 6.08 Å². The molecule has 1 aliphatic rings. The number of nitrogens with one attached hydrogen (secondary N) is 1. The summed E-state index contributed by atoms with van der Waals surface area (Å²) < 4.78 is 16.3. The minimum atomic E-state index is -0.235. The Bertz CT molecular complexity index is 687. The molecule has 1 amide bonds. The predicted molar refractivity (Wildman–Crippen MR) is 78.5 cm³/mol. The highest BCUT2D eigenvalue weighted by molar-refractivity contribution is 6.01. The van der Waals surface area contributed by atoms with Crippen LogP contribution in [-0.4, -0.2) is 19.1 Å². The lowest BCUT2D eigenvalue weighted by Crippen LogP contribution is -2.16. The summed E-state index contributed by atoms with van der Waals surface area (Å²) in [4.78, 5) is 11.8. The molecule has 108 valence electrons. The van der Waals surface area contributed by atoms with Crippen LogP contribution in [0.4, 0.5) is 5.69 Å². The van der Waals surface area contributed by atoms with Crippen molar-refractivity contribution in [2.24, 2.45) is 0 Å². The van der Waals surface area contributed by atoms with Crippen molar-refractivity contribution in [3.05, 3.63) is 47.9 Å². The third-order valence-corrected chi connectivity index (χ3v) is 2.97. The van der Waals surface area contributed by atoms with E-state index in [-0.39, 0.29) is 5.91 Å². The zero-order valence-electron chi connectivity index (χ0n) is 11.6. The summed E-state index contributed by atoms with van der Waals surface area (Å²) in [5.74, 6) is 2.55. The van der Waals surface area contributed by atoms with Crippen LogP contribution >= 0.6 is 0 Å². The van der Waals surface area contributed by atoms with Crippen molar-refractivity contribution in [2.75, 3.05) is 18.5 Å². The van der Waals surface area contributed by atoms with Crippen LogP contribution in [0.15, 0.2) is 40.8 Å². The summed E-state index contributed by atoms with van der Waals surface area (Å²) in [5.41, 5.74) is 0.657. The molecule has 1 N–H and O–H groups in total. The molecule has 0 bridgehead atoms. The van der Waals surface area contributed by atoms with Crippen molar-refractivity contribution in [3.63, 3.8) is 0 Å². The van der Waals surface area contributed by atoms with Gasteiger partial charge in [0, 0.05) is 17.8 Å². The summed E-state index contributed by atoms with van der Waals surface area (Å²) in [6.45, 7) is 2.92. The second-order valence-corrected chi connectivity index (χ2v) is 4.63. The number of aryl methyl sites for hydroxylation is 1. The Balaban J connectivity index is 1.66. The number of carbonyl (C=O) groups is 1. The first-order chi connectivity index (χ1) is 10.2. The number of anilines is 1. The van der Waals surface area contributed by atoms with E-state index >= 15 is 0 Å². The van der Waals surface area contributed by atoms with Gasteiger partial charge in [-0.15, -0.1) is 0 Å². The largest absolute Gasteiger partial charge is 0.486 e. The van der Waals surface area contributed by atoms with Crippen LogP contribution in [-0.2, 0) is 4.79 Å². The lowest BCUT2D eigenvalue weighted by Gasteiger charge is -2.18. The normalized spacial score (nSPS) is 13.4. The molecule has 0 fully saturated rings. The van der Waals surface area contributed by atoms with Gasteiger partial charge in [0.15, 0.2) is 11.5 Å². The first kappa shape index (κ1) is 13.3. The minimum Gasteiger partial charge on any atom is -0.486 e. The third-order valence-electron chi connectivity index (χ3n) is 2.97. The molecule has 5 nitrogen and oxygen atoms in total. The van der Waals surface area contributed by atoms with E-state index in [2.05, 4.69) is 5.32 Å². The number of fused-ring (bicyclic) bond motifs is 1. The van der Waals surface area contributed by atoms with Crippen molar-refractivity contribution < 1.29 is 18.7 Å². The molecule has 0 saturated carbocycles. The Hall–Kier alpha value is -2.69. The molecule has 0 radical (unpaired) electrons. The molecule has 1 aromatic carbocycles. The van der Waals surface area contributed by atoms with Gasteiger partial charge in [-0.3, -0.25) is 4.79 Å². The van der Waals surface area contributed by atoms with Gasteiger partial charge in [-0.05, 0) is 37.3 Å². The Morgan fingerprint density at radius 3 is 2.71 bits per heavy atom. The summed E-state index contributed by atoms with van der Waals surface area (Å²) >= 11 is 0. The second-order valence-electron chi connectivity index (χ2n) is 4.63. The third kappa shape index (κ3) is 3.25. The Labute approximate surface area is 122 Å². The van der Waals surface area contributed by atoms with Gasteiger partial charge >= 0.3 is 0 Å². The molecule has 0 saturated heterocycles. The van der Waals surface area contributed by atoms with Crippen LogP contribution in [0, 0.1) is 6.92 Å². The average Bonchev–Trinajstić information content (AvgIpc) is 2.91. The van der Waals surface area contributed by atoms with E-state index in [0.717, 1.165) is 5.76 Å². The molecule has 21 heavy (non-hydrogen) atoms. The molecule has 5 heteroatoms. The van der Waals surface area contributed by atoms with Crippen LogP contribution in [0.2, 0.25) is 0 Å². The summed E-state index contributed by atoms with van der Waals surface area (Å²) in [7, 11) is 0. The summed E-state index contributed by atoms with van der Waals surface area (Å²) in [6.07, 6.45) is 3.05. The maximum absolute atomic E-state index is 11.8. The Kier molecular flexibility index (Phi) is 3.64. The topological polar surface area (TPSA) is 60.7 Å². The van der Waals surface area contributed by atoms with E-state index in [9.17, 15) is 4.79 Å². The van der Waals surface area contributed by atoms with E-state index in [4.69, 9.17) is 13.9 Å². The van der Waals surface area contributed by atoms with Gasteiger partial charge in [0.25, 0.3) is 0 Å². The molecular formula is C16H15NO4. The summed E-state index contributed by atoms with van der Waals surface area (Å²) in [5, 5.41) is 2.77. The van der Waals surface area contributed by atoms with Gasteiger partial charge in [-0.2, -0.15) is 0 Å². The van der Waals surface area contributed by atoms with Gasteiger partial charge in [0.2, 0.25) is 5.91 Å². The maximum atomic E-state index is 11.8. The number of hydrogen-bond donors (Lipinski definition) is 1. The van der Waals surface area contributed by atoms with Crippen LogP contribution in [0.5, 0.6) is 11.5 Å². The van der Waals surface area contributed by atoms with E-state index in [1.807, 2.05) is 19.1 Å². The quantitative estimate of drug-likeness (QED) is 0.881. The molecule has 0 aliphatic carbocycles. The predicted octanol–water partition coefficient (Wildman–Crippen LogP) is 3.01. The zero-order valence-corrected chi connectivity index (χ0v) is 11.6. The number of amides is 1. The monoisotopic (exact) mass is 285 g/mol. The molecule has 1 aliphatic heterocycles. The minimum absolute atomic E-state index is 0.235. The molecule has 0 spiro atoms. The number of carbonyl (C=O) groups excluding carboxylic acids is 1. The highest BCUT2D eigenvalue weighted by Crippen LogP contribution is 2.32. The van der Waals surface area contributed by atoms with Crippen LogP contribution < -0.4 is 14.8 Å². The van der Waals surface area contributed by atoms with E-state index in [1.165, 1.54) is 6.08 Å².